The zero-order chi connectivity index (χ0) is 30.6. The van der Waals surface area contributed by atoms with Gasteiger partial charge in [0.25, 0.3) is 5.78 Å². The van der Waals surface area contributed by atoms with Gasteiger partial charge in [-0.05, 0) is 60.0 Å². The summed E-state index contributed by atoms with van der Waals surface area (Å²) in [6.07, 6.45) is 0. The molecule has 0 bridgehead atoms. The van der Waals surface area contributed by atoms with E-state index in [9.17, 15) is 14.7 Å². The first-order valence-corrected chi connectivity index (χ1v) is 16.3. The molecule has 1 aliphatic heterocycles. The van der Waals surface area contributed by atoms with Crippen molar-refractivity contribution in [1.29, 1.82) is 0 Å². The van der Waals surface area contributed by atoms with E-state index >= 15 is 0 Å². The third-order valence-electron chi connectivity index (χ3n) is 7.05. The minimum absolute atomic E-state index is 0.0144. The molecule has 1 fully saturated rings. The van der Waals surface area contributed by atoms with Crippen LogP contribution >= 0.6 is 39.0 Å². The van der Waals surface area contributed by atoms with E-state index < -0.39 is 17.7 Å². The number of amides is 1. The minimum Gasteiger partial charge on any atom is -0.507 e. The Labute approximate surface area is 271 Å². The van der Waals surface area contributed by atoms with Gasteiger partial charge in [0.2, 0.25) is 5.13 Å². The summed E-state index contributed by atoms with van der Waals surface area (Å²) in [5, 5.41) is 20.4. The molecule has 1 amide bonds. The van der Waals surface area contributed by atoms with E-state index in [2.05, 4.69) is 32.2 Å². The van der Waals surface area contributed by atoms with Crippen molar-refractivity contribution < 1.29 is 19.4 Å². The van der Waals surface area contributed by atoms with Gasteiger partial charge in [-0.25, -0.2) is 0 Å². The lowest BCUT2D eigenvalue weighted by molar-refractivity contribution is -0.132. The quantitative estimate of drug-likeness (QED) is 0.0552. The van der Waals surface area contributed by atoms with Crippen LogP contribution in [0.3, 0.4) is 0 Å². The molecule has 1 aromatic heterocycles. The summed E-state index contributed by atoms with van der Waals surface area (Å²) in [5.41, 5.74) is 4.37. The molecule has 0 saturated carbocycles. The van der Waals surface area contributed by atoms with Crippen LogP contribution in [0.4, 0.5) is 5.13 Å². The summed E-state index contributed by atoms with van der Waals surface area (Å²) in [5.74, 6) is -0.526. The van der Waals surface area contributed by atoms with Crippen molar-refractivity contribution in [3.8, 4) is 5.75 Å². The second kappa shape index (κ2) is 13.2. The number of ether oxygens (including phenoxy) is 1. The second-order valence-electron chi connectivity index (χ2n) is 10.1. The number of aliphatic hydroxyl groups excluding tert-OH is 1. The normalized spacial score (nSPS) is 16.0. The lowest BCUT2D eigenvalue weighted by Gasteiger charge is -2.22. The van der Waals surface area contributed by atoms with Crippen LogP contribution in [0.2, 0.25) is 0 Å². The zero-order valence-corrected chi connectivity index (χ0v) is 26.7. The highest BCUT2D eigenvalue weighted by atomic mass is 79.9. The number of halogens is 1. The van der Waals surface area contributed by atoms with Crippen LogP contribution in [0.5, 0.6) is 5.75 Å². The van der Waals surface area contributed by atoms with Gasteiger partial charge in [0.15, 0.2) is 4.34 Å². The first-order valence-electron chi connectivity index (χ1n) is 13.7. The summed E-state index contributed by atoms with van der Waals surface area (Å²) in [7, 11) is 0. The van der Waals surface area contributed by atoms with Crippen LogP contribution in [0.25, 0.3) is 5.76 Å². The monoisotopic (exact) mass is 683 g/mol. The molecule has 1 saturated heterocycles. The minimum atomic E-state index is -0.889. The van der Waals surface area contributed by atoms with Crippen molar-refractivity contribution in [3.63, 3.8) is 0 Å². The summed E-state index contributed by atoms with van der Waals surface area (Å²) in [6, 6.07) is 31.3. The molecule has 4 aromatic carbocycles. The Morgan fingerprint density at radius 3 is 2.39 bits per heavy atom. The van der Waals surface area contributed by atoms with E-state index in [4.69, 9.17) is 4.74 Å². The maximum atomic E-state index is 13.5. The van der Waals surface area contributed by atoms with E-state index in [0.717, 1.165) is 21.2 Å². The number of benzene rings is 4. The highest BCUT2D eigenvalue weighted by molar-refractivity contribution is 9.10. The van der Waals surface area contributed by atoms with Gasteiger partial charge < -0.3 is 9.84 Å². The second-order valence-corrected chi connectivity index (χ2v) is 13.2. The summed E-state index contributed by atoms with van der Waals surface area (Å²) in [4.78, 5) is 28.4. The molecule has 1 atom stereocenters. The molecule has 0 radical (unpaired) electrons. The van der Waals surface area contributed by atoms with Crippen LogP contribution in [-0.4, -0.2) is 27.0 Å². The Morgan fingerprint density at radius 1 is 0.932 bits per heavy atom. The Balaban J connectivity index is 1.30. The standard InChI is InChI=1S/C34H26BrN3O4S2/c1-21-6-5-9-23(18-21)19-42-27-16-12-25(13-17-27)30(39)28-29(24-10-14-26(35)15-11-24)38(32(41)31(28)40)33-36-37-34(44-33)43-20-22-7-3-2-4-8-22/h2-18,29,39H,19-20H2,1H3/b30-28+. The molecule has 1 aliphatic rings. The fourth-order valence-electron chi connectivity index (χ4n) is 4.90. The molecule has 7 nitrogen and oxygen atoms in total. The van der Waals surface area contributed by atoms with E-state index in [0.29, 0.717) is 33.6 Å². The molecule has 10 heteroatoms. The maximum Gasteiger partial charge on any atom is 0.301 e. The molecule has 1 N–H and O–H groups in total. The number of rotatable bonds is 9. The number of anilines is 1. The first kappa shape index (κ1) is 29.8. The Bertz CT molecular complexity index is 1840. The van der Waals surface area contributed by atoms with Gasteiger partial charge in [-0.2, -0.15) is 0 Å². The average molecular weight is 685 g/mol. The number of carbonyl (C=O) groups is 2. The van der Waals surface area contributed by atoms with Gasteiger partial charge in [0.1, 0.15) is 18.1 Å². The fourth-order valence-corrected chi connectivity index (χ4v) is 6.99. The van der Waals surface area contributed by atoms with E-state index in [1.165, 1.54) is 28.0 Å². The van der Waals surface area contributed by atoms with Gasteiger partial charge in [0.05, 0.1) is 11.6 Å². The predicted octanol–water partition coefficient (Wildman–Crippen LogP) is 8.11. The molecule has 44 heavy (non-hydrogen) atoms. The van der Waals surface area contributed by atoms with E-state index in [1.54, 1.807) is 24.3 Å². The van der Waals surface area contributed by atoms with Crippen LogP contribution in [0.1, 0.15) is 33.9 Å². The SMILES string of the molecule is Cc1cccc(COc2ccc(/C(O)=C3\C(=O)C(=O)N(c4nnc(SCc5ccccc5)s4)C3c3ccc(Br)cc3)cc2)c1. The van der Waals surface area contributed by atoms with Crippen molar-refractivity contribution in [2.24, 2.45) is 0 Å². The Kier molecular flexibility index (Phi) is 8.92. The number of thioether (sulfide) groups is 1. The number of Topliss-reactive ketones (excluding diaryl/α,β-unsaturated/α-hetero) is 1. The van der Waals surface area contributed by atoms with Crippen molar-refractivity contribution in [2.75, 3.05) is 4.90 Å². The third-order valence-corrected chi connectivity index (χ3v) is 9.71. The number of aliphatic hydroxyl groups is 1. The van der Waals surface area contributed by atoms with Gasteiger partial charge in [-0.3, -0.25) is 14.5 Å². The van der Waals surface area contributed by atoms with Gasteiger partial charge in [-0.15, -0.1) is 10.2 Å². The first-order chi connectivity index (χ1) is 21.4. The van der Waals surface area contributed by atoms with Gasteiger partial charge in [0, 0.05) is 15.8 Å². The van der Waals surface area contributed by atoms with Crippen LogP contribution in [-0.2, 0) is 21.9 Å². The molecule has 6 rings (SSSR count). The van der Waals surface area contributed by atoms with E-state index in [-0.39, 0.29) is 16.5 Å². The van der Waals surface area contributed by atoms with Crippen molar-refractivity contribution in [2.45, 2.75) is 29.7 Å². The number of hydrogen-bond acceptors (Lipinski definition) is 8. The van der Waals surface area contributed by atoms with Crippen molar-refractivity contribution >= 4 is 61.6 Å². The van der Waals surface area contributed by atoms with Crippen molar-refractivity contribution in [1.82, 2.24) is 10.2 Å². The Morgan fingerprint density at radius 2 is 1.66 bits per heavy atom. The van der Waals surface area contributed by atoms with Crippen LogP contribution < -0.4 is 9.64 Å². The van der Waals surface area contributed by atoms with Crippen LogP contribution in [0, 0.1) is 6.92 Å². The highest BCUT2D eigenvalue weighted by Gasteiger charge is 2.48. The van der Waals surface area contributed by atoms with Crippen LogP contribution in [0.15, 0.2) is 118 Å². The third kappa shape index (κ3) is 6.47. The summed E-state index contributed by atoms with van der Waals surface area (Å²) < 4.78 is 7.44. The highest BCUT2D eigenvalue weighted by Crippen LogP contribution is 2.44. The molecule has 220 valence electrons. The van der Waals surface area contributed by atoms with E-state index in [1.807, 2.05) is 79.7 Å². The lowest BCUT2D eigenvalue weighted by Crippen LogP contribution is -2.29. The average Bonchev–Trinajstić information content (AvgIpc) is 3.61. The summed E-state index contributed by atoms with van der Waals surface area (Å²) in [6.45, 7) is 2.43. The summed E-state index contributed by atoms with van der Waals surface area (Å²) >= 11 is 6.19. The van der Waals surface area contributed by atoms with Crippen molar-refractivity contribution in [3.05, 3.63) is 141 Å². The molecule has 0 spiro atoms. The number of aromatic nitrogens is 2. The molecule has 2 heterocycles. The molecule has 1 unspecified atom stereocenters. The maximum absolute atomic E-state index is 13.5. The predicted molar refractivity (Wildman–Crippen MR) is 177 cm³/mol. The number of aryl methyl sites for hydroxylation is 1. The largest absolute Gasteiger partial charge is 0.507 e. The topological polar surface area (TPSA) is 92.6 Å². The van der Waals surface area contributed by atoms with Gasteiger partial charge in [-0.1, -0.05) is 111 Å². The lowest BCUT2D eigenvalue weighted by atomic mass is 9.95. The number of ketones is 1. The number of hydrogen-bond donors (Lipinski definition) is 1. The zero-order valence-electron chi connectivity index (χ0n) is 23.5. The molecule has 0 aliphatic carbocycles. The molecular formula is C34H26BrN3O4S2. The fraction of sp³-hybridized carbons (Fsp3) is 0.118. The molecule has 5 aromatic rings. The number of nitrogens with zero attached hydrogens (tertiary/aromatic N) is 3. The Hall–Kier alpha value is -4.25. The smallest absolute Gasteiger partial charge is 0.301 e. The number of carbonyl (C=O) groups excluding carboxylic acids is 2. The molecular weight excluding hydrogens is 658 g/mol. The van der Waals surface area contributed by atoms with Gasteiger partial charge >= 0.3 is 5.91 Å².